The lowest BCUT2D eigenvalue weighted by Gasteiger charge is -2.13. The molecular weight excluding hydrogens is 1130 g/mol. The average molecular weight is 1180 g/mol. The summed E-state index contributed by atoms with van der Waals surface area (Å²) in [5, 5.41) is 15.0. The van der Waals surface area contributed by atoms with Gasteiger partial charge in [0.15, 0.2) is 11.2 Å². The third-order valence-corrected chi connectivity index (χ3v) is 20.6. The topological polar surface area (TPSA) is 36.1 Å². The van der Waals surface area contributed by atoms with E-state index in [2.05, 4.69) is 312 Å². The van der Waals surface area contributed by atoms with Crippen LogP contribution in [0.1, 0.15) is 0 Å². The maximum Gasteiger partial charge on any atom is 0.161 e. The summed E-state index contributed by atoms with van der Waals surface area (Å²) in [5.74, 6) is 0. The number of nitrogens with zero attached hydrogens (tertiary/aromatic N) is 2. The molecule has 14 aromatic carbocycles. The minimum atomic E-state index is 0.898. The summed E-state index contributed by atoms with van der Waals surface area (Å²) in [6, 6.07) is 109. The zero-order chi connectivity index (χ0) is 59.0. The first-order valence-corrected chi connectivity index (χ1v) is 32.2. The van der Waals surface area contributed by atoms with E-state index in [-0.39, 0.29) is 0 Å². The number of rotatable bonds is 6. The van der Waals surface area contributed by atoms with Crippen molar-refractivity contribution < 1.29 is 8.83 Å². The van der Waals surface area contributed by atoms with Gasteiger partial charge >= 0.3 is 0 Å². The molecule has 0 saturated heterocycles. The smallest absolute Gasteiger partial charge is 0.161 e. The first kappa shape index (κ1) is 50.8. The van der Waals surface area contributed by atoms with Crippen LogP contribution in [0, 0.1) is 0 Å². The highest BCUT2D eigenvalue weighted by Gasteiger charge is 2.25. The molecule has 420 valence electrons. The average Bonchev–Trinajstić information content (AvgIpc) is 1.63. The van der Waals surface area contributed by atoms with Gasteiger partial charge in [0.2, 0.25) is 0 Å². The lowest BCUT2D eigenvalue weighted by molar-refractivity contribution is 0.672. The van der Waals surface area contributed by atoms with Gasteiger partial charge in [-0.2, -0.15) is 0 Å². The maximum absolute atomic E-state index is 6.68. The molecule has 4 nitrogen and oxygen atoms in total. The minimum Gasteiger partial charge on any atom is -0.454 e. The van der Waals surface area contributed by atoms with Crippen molar-refractivity contribution >= 4 is 151 Å². The maximum atomic E-state index is 6.68. The van der Waals surface area contributed by atoms with E-state index in [4.69, 9.17) is 8.83 Å². The van der Waals surface area contributed by atoms with E-state index < -0.39 is 0 Å². The van der Waals surface area contributed by atoms with Crippen LogP contribution in [0.2, 0.25) is 0 Å². The van der Waals surface area contributed by atoms with Crippen molar-refractivity contribution in [1.82, 2.24) is 9.13 Å². The number of hydrogen-bond donors (Lipinski definition) is 0. The van der Waals surface area contributed by atoms with Crippen molar-refractivity contribution in [2.24, 2.45) is 0 Å². The Balaban J connectivity index is 0.000000130. The van der Waals surface area contributed by atoms with Crippen LogP contribution in [0.4, 0.5) is 0 Å². The Bertz CT molecular complexity index is 6280. The zero-order valence-electron chi connectivity index (χ0n) is 48.4. The molecule has 0 aliphatic carbocycles. The highest BCUT2D eigenvalue weighted by atomic mass is 32.1. The van der Waals surface area contributed by atoms with E-state index in [0.29, 0.717) is 0 Å². The Morgan fingerprint density at radius 1 is 0.244 bits per heavy atom. The molecule has 0 unspecified atom stereocenters. The first-order chi connectivity index (χ1) is 44.6. The first-order valence-electron chi connectivity index (χ1n) is 30.5. The van der Waals surface area contributed by atoms with Gasteiger partial charge in [0.1, 0.15) is 22.2 Å². The van der Waals surface area contributed by atoms with Crippen molar-refractivity contribution in [2.45, 2.75) is 0 Å². The van der Waals surface area contributed by atoms with Crippen LogP contribution in [-0.4, -0.2) is 9.13 Å². The highest BCUT2D eigenvalue weighted by molar-refractivity contribution is 7.26. The summed E-state index contributed by atoms with van der Waals surface area (Å²) in [7, 11) is 0. The molecule has 0 aliphatic rings. The summed E-state index contributed by atoms with van der Waals surface area (Å²) in [5.41, 5.74) is 20.0. The molecule has 0 fully saturated rings. The SMILES string of the molecule is c1ccc(-n2c3ccccc3c3oc4cccc(-c5ccccc5-c5ccc6c(c5)sc5cc7ccccc7cc56)c4c32)cc1.c1ccc(-n2c3ccccc3c3oc4cccc(-c5ccccc5-c5ccc6c(c5)sc5ccc7ccccc7c56)c4c32)cc1. The highest BCUT2D eigenvalue weighted by Crippen LogP contribution is 2.49. The van der Waals surface area contributed by atoms with Crippen LogP contribution >= 0.6 is 22.7 Å². The van der Waals surface area contributed by atoms with Crippen molar-refractivity contribution in [1.29, 1.82) is 0 Å². The van der Waals surface area contributed by atoms with Gasteiger partial charge in [-0.3, -0.25) is 0 Å². The predicted octanol–water partition coefficient (Wildman–Crippen LogP) is 24.8. The lowest BCUT2D eigenvalue weighted by atomic mass is 9.92. The lowest BCUT2D eigenvalue weighted by Crippen LogP contribution is -1.94. The summed E-state index contributed by atoms with van der Waals surface area (Å²) in [6.07, 6.45) is 0. The third-order valence-electron chi connectivity index (χ3n) is 18.4. The van der Waals surface area contributed by atoms with Gasteiger partial charge in [0.05, 0.1) is 21.8 Å². The molecule has 6 aromatic heterocycles. The Hall–Kier alpha value is -11.3. The summed E-state index contributed by atoms with van der Waals surface area (Å²) < 4.78 is 23.3. The molecule has 0 bridgehead atoms. The van der Waals surface area contributed by atoms with Gasteiger partial charge in [-0.05, 0) is 157 Å². The standard InChI is InChI=1S/2C42H25NOS/c1-2-13-29(14-3-1)43-36-19-9-8-17-34(36)42-41(43)40-33(18-10-20-37(40)44-42)31-16-7-6-15-30(31)28-21-22-32-35-23-26-11-4-5-12-27(26)24-39(35)45-38(32)25-28;1-2-12-28(13-3-1)43-35-19-9-8-17-33(35)42-41(43)40-32(18-10-20-36(40)44-42)31-16-7-6-14-29(31)27-21-23-34-38(25-27)45-37-24-22-26-11-4-5-15-30(26)39(34)37/h2*1-25H. The van der Waals surface area contributed by atoms with Gasteiger partial charge in [-0.1, -0.05) is 212 Å². The molecular formula is C84H50N2O2S2. The van der Waals surface area contributed by atoms with Crippen molar-refractivity contribution in [2.75, 3.05) is 0 Å². The Kier molecular flexibility index (Phi) is 11.4. The van der Waals surface area contributed by atoms with Gasteiger partial charge in [-0.15, -0.1) is 22.7 Å². The normalized spacial score (nSPS) is 12.0. The van der Waals surface area contributed by atoms with Crippen LogP contribution in [0.25, 0.3) is 184 Å². The molecule has 20 rings (SSSR count). The monoisotopic (exact) mass is 1180 g/mol. The van der Waals surface area contributed by atoms with Gasteiger partial charge < -0.3 is 18.0 Å². The second-order valence-electron chi connectivity index (χ2n) is 23.4. The number of furan rings is 2. The van der Waals surface area contributed by atoms with Crippen molar-refractivity contribution in [3.8, 4) is 55.9 Å². The van der Waals surface area contributed by atoms with E-state index in [1.807, 2.05) is 22.7 Å². The largest absolute Gasteiger partial charge is 0.454 e. The number of aromatic nitrogens is 2. The van der Waals surface area contributed by atoms with Gasteiger partial charge in [0, 0.05) is 62.5 Å². The van der Waals surface area contributed by atoms with Crippen LogP contribution in [-0.2, 0) is 0 Å². The second kappa shape index (κ2) is 20.1. The molecule has 0 radical (unpaired) electrons. The van der Waals surface area contributed by atoms with Crippen LogP contribution in [0.15, 0.2) is 312 Å². The summed E-state index contributed by atoms with van der Waals surface area (Å²) in [4.78, 5) is 0. The number of hydrogen-bond acceptors (Lipinski definition) is 4. The predicted molar refractivity (Wildman–Crippen MR) is 384 cm³/mol. The molecule has 6 heterocycles. The van der Waals surface area contributed by atoms with E-state index >= 15 is 0 Å². The fraction of sp³-hybridized carbons (Fsp3) is 0. The number of benzene rings is 14. The Morgan fingerprint density at radius 3 is 1.26 bits per heavy atom. The van der Waals surface area contributed by atoms with Crippen LogP contribution < -0.4 is 0 Å². The Morgan fingerprint density at radius 2 is 0.678 bits per heavy atom. The fourth-order valence-electron chi connectivity index (χ4n) is 14.4. The van der Waals surface area contributed by atoms with Crippen LogP contribution in [0.5, 0.6) is 0 Å². The molecule has 0 amide bonds. The molecule has 0 saturated carbocycles. The van der Waals surface area contributed by atoms with E-state index in [1.54, 1.807) is 0 Å². The van der Waals surface area contributed by atoms with Crippen molar-refractivity contribution in [3.63, 3.8) is 0 Å². The number of fused-ring (bicyclic) bond motifs is 19. The fourth-order valence-corrected chi connectivity index (χ4v) is 16.8. The summed E-state index contributed by atoms with van der Waals surface area (Å²) >= 11 is 3.75. The molecule has 0 spiro atoms. The second-order valence-corrected chi connectivity index (χ2v) is 25.5. The summed E-state index contributed by atoms with van der Waals surface area (Å²) in [6.45, 7) is 0. The van der Waals surface area contributed by atoms with Crippen LogP contribution in [0.3, 0.4) is 0 Å². The Labute approximate surface area is 524 Å². The molecule has 0 aliphatic heterocycles. The molecule has 90 heavy (non-hydrogen) atoms. The van der Waals surface area contributed by atoms with E-state index in [0.717, 1.165) is 77.3 Å². The van der Waals surface area contributed by atoms with Gasteiger partial charge in [-0.25, -0.2) is 0 Å². The molecule has 0 atom stereocenters. The minimum absolute atomic E-state index is 0.898. The number of thiophene rings is 2. The molecule has 6 heteroatoms. The van der Waals surface area contributed by atoms with Gasteiger partial charge in [0.25, 0.3) is 0 Å². The third kappa shape index (κ3) is 7.78. The van der Waals surface area contributed by atoms with E-state index in [9.17, 15) is 0 Å². The van der Waals surface area contributed by atoms with Crippen molar-refractivity contribution in [3.05, 3.63) is 303 Å². The molecule has 0 N–H and O–H groups in total. The molecule has 20 aromatic rings. The number of para-hydroxylation sites is 4. The zero-order valence-corrected chi connectivity index (χ0v) is 50.0. The van der Waals surface area contributed by atoms with E-state index in [1.165, 1.54) is 106 Å². The quantitative estimate of drug-likeness (QED) is 0.166.